The molecule has 34 heavy (non-hydrogen) atoms. The van der Waals surface area contributed by atoms with Gasteiger partial charge in [-0.1, -0.05) is 18.2 Å². The number of aromatic nitrogens is 2. The number of anilines is 1. The molecule has 3 heterocycles. The van der Waals surface area contributed by atoms with Crippen LogP contribution in [-0.2, 0) is 6.61 Å². The fraction of sp³-hybridized carbons (Fsp3) is 0.185. The molecule has 2 aromatic heterocycles. The second kappa shape index (κ2) is 9.70. The molecule has 7 nitrogen and oxygen atoms in total. The van der Waals surface area contributed by atoms with Crippen molar-refractivity contribution in [2.24, 2.45) is 0 Å². The SMILES string of the molecule is CNC(=O)c1cccc(N2CC(Oc3ccc(COc4cccnc4)cc3)C2)c1-n1cccc1. The van der Waals surface area contributed by atoms with Crippen LogP contribution in [0.3, 0.4) is 0 Å². The maximum absolute atomic E-state index is 12.5. The molecule has 0 bridgehead atoms. The number of nitrogens with one attached hydrogen (secondary N) is 1. The van der Waals surface area contributed by atoms with Crippen molar-refractivity contribution in [1.29, 1.82) is 0 Å². The van der Waals surface area contributed by atoms with Crippen molar-refractivity contribution in [2.45, 2.75) is 12.7 Å². The van der Waals surface area contributed by atoms with E-state index >= 15 is 0 Å². The number of ether oxygens (including phenoxy) is 2. The van der Waals surface area contributed by atoms with Gasteiger partial charge in [-0.2, -0.15) is 0 Å². The van der Waals surface area contributed by atoms with Gasteiger partial charge in [-0.3, -0.25) is 9.78 Å². The van der Waals surface area contributed by atoms with Gasteiger partial charge in [-0.25, -0.2) is 0 Å². The van der Waals surface area contributed by atoms with E-state index in [1.165, 1.54) is 0 Å². The topological polar surface area (TPSA) is 68.6 Å². The minimum Gasteiger partial charge on any atom is -0.487 e. The summed E-state index contributed by atoms with van der Waals surface area (Å²) in [4.78, 5) is 18.8. The molecule has 7 heteroatoms. The lowest BCUT2D eigenvalue weighted by atomic mass is 10.0. The second-order valence-corrected chi connectivity index (χ2v) is 8.11. The normalized spacial score (nSPS) is 13.3. The summed E-state index contributed by atoms with van der Waals surface area (Å²) in [5.41, 5.74) is 3.60. The highest BCUT2D eigenvalue weighted by molar-refractivity contribution is 6.00. The zero-order chi connectivity index (χ0) is 23.3. The quantitative estimate of drug-likeness (QED) is 0.435. The summed E-state index contributed by atoms with van der Waals surface area (Å²) in [5, 5.41) is 2.74. The third kappa shape index (κ3) is 4.59. The molecule has 0 unspecified atom stereocenters. The van der Waals surface area contributed by atoms with E-state index in [4.69, 9.17) is 9.47 Å². The Bertz CT molecular complexity index is 1230. The average Bonchev–Trinajstić information content (AvgIpc) is 3.40. The number of para-hydroxylation sites is 1. The fourth-order valence-corrected chi connectivity index (χ4v) is 4.02. The lowest BCUT2D eigenvalue weighted by molar-refractivity contribution is 0.0963. The van der Waals surface area contributed by atoms with Crippen LogP contribution in [0.1, 0.15) is 15.9 Å². The van der Waals surface area contributed by atoms with Crippen molar-refractivity contribution in [2.75, 3.05) is 25.0 Å². The van der Waals surface area contributed by atoms with Crippen LogP contribution in [0.5, 0.6) is 11.5 Å². The number of carbonyl (C=O) groups is 1. The smallest absolute Gasteiger partial charge is 0.253 e. The van der Waals surface area contributed by atoms with E-state index in [1.807, 2.05) is 77.6 Å². The maximum Gasteiger partial charge on any atom is 0.253 e. The number of rotatable bonds is 8. The van der Waals surface area contributed by atoms with Crippen LogP contribution in [-0.4, -0.2) is 41.7 Å². The summed E-state index contributed by atoms with van der Waals surface area (Å²) in [7, 11) is 1.65. The molecule has 0 aliphatic carbocycles. The number of pyridine rings is 1. The monoisotopic (exact) mass is 454 g/mol. The van der Waals surface area contributed by atoms with E-state index in [0.29, 0.717) is 12.2 Å². The molecule has 5 rings (SSSR count). The first kappa shape index (κ1) is 21.6. The molecule has 0 atom stereocenters. The molecule has 1 saturated heterocycles. The Hall–Kier alpha value is -4.26. The Morgan fingerprint density at radius 3 is 2.50 bits per heavy atom. The Labute approximate surface area is 198 Å². The first-order chi connectivity index (χ1) is 16.7. The molecule has 0 radical (unpaired) electrons. The van der Waals surface area contributed by atoms with E-state index in [-0.39, 0.29) is 12.0 Å². The average molecular weight is 455 g/mol. The maximum atomic E-state index is 12.5. The third-order valence-corrected chi connectivity index (χ3v) is 5.80. The van der Waals surface area contributed by atoms with Crippen molar-refractivity contribution in [1.82, 2.24) is 14.9 Å². The van der Waals surface area contributed by atoms with Crippen LogP contribution in [0, 0.1) is 0 Å². The fourth-order valence-electron chi connectivity index (χ4n) is 4.02. The summed E-state index contributed by atoms with van der Waals surface area (Å²) in [6, 6.07) is 21.5. The largest absolute Gasteiger partial charge is 0.487 e. The Morgan fingerprint density at radius 1 is 1.00 bits per heavy atom. The zero-order valence-electron chi connectivity index (χ0n) is 18.9. The van der Waals surface area contributed by atoms with E-state index in [0.717, 1.165) is 41.5 Å². The molecule has 4 aromatic rings. The Kier molecular flexibility index (Phi) is 6.16. The van der Waals surface area contributed by atoms with Gasteiger partial charge in [-0.05, 0) is 54.1 Å². The molecule has 0 saturated carbocycles. The van der Waals surface area contributed by atoms with Gasteiger partial charge < -0.3 is 24.3 Å². The summed E-state index contributed by atoms with van der Waals surface area (Å²) >= 11 is 0. The Morgan fingerprint density at radius 2 is 1.79 bits per heavy atom. The molecule has 1 aliphatic rings. The highest BCUT2D eigenvalue weighted by Crippen LogP contribution is 2.32. The highest BCUT2D eigenvalue weighted by Gasteiger charge is 2.31. The van der Waals surface area contributed by atoms with E-state index in [2.05, 4.69) is 21.3 Å². The van der Waals surface area contributed by atoms with Gasteiger partial charge in [0.25, 0.3) is 5.91 Å². The van der Waals surface area contributed by atoms with Gasteiger partial charge in [0.1, 0.15) is 24.2 Å². The molecule has 1 fully saturated rings. The number of hydrogen-bond donors (Lipinski definition) is 1. The molecule has 172 valence electrons. The third-order valence-electron chi connectivity index (χ3n) is 5.80. The first-order valence-electron chi connectivity index (χ1n) is 11.2. The Balaban J connectivity index is 1.22. The van der Waals surface area contributed by atoms with Crippen molar-refractivity contribution in [3.63, 3.8) is 0 Å². The van der Waals surface area contributed by atoms with E-state index in [9.17, 15) is 4.79 Å². The highest BCUT2D eigenvalue weighted by atomic mass is 16.5. The van der Waals surface area contributed by atoms with Crippen LogP contribution in [0.25, 0.3) is 5.69 Å². The van der Waals surface area contributed by atoms with Crippen molar-refractivity contribution >= 4 is 11.6 Å². The summed E-state index contributed by atoms with van der Waals surface area (Å²) in [5.74, 6) is 1.48. The molecule has 0 spiro atoms. The number of benzene rings is 2. The predicted octanol–water partition coefficient (Wildman–Crippen LogP) is 4.08. The van der Waals surface area contributed by atoms with Crippen molar-refractivity contribution in [3.05, 3.63) is 103 Å². The van der Waals surface area contributed by atoms with Gasteiger partial charge in [0.2, 0.25) is 0 Å². The number of amides is 1. The summed E-state index contributed by atoms with van der Waals surface area (Å²) < 4.78 is 13.9. The van der Waals surface area contributed by atoms with Crippen LogP contribution >= 0.6 is 0 Å². The van der Waals surface area contributed by atoms with Crippen LogP contribution in [0.4, 0.5) is 5.69 Å². The summed E-state index contributed by atoms with van der Waals surface area (Å²) in [6.07, 6.45) is 7.42. The molecule has 1 amide bonds. The molecule has 1 aliphatic heterocycles. The van der Waals surface area contributed by atoms with Crippen molar-refractivity contribution < 1.29 is 14.3 Å². The number of carbonyl (C=O) groups excluding carboxylic acids is 1. The lowest BCUT2D eigenvalue weighted by Crippen LogP contribution is -2.54. The molecular weight excluding hydrogens is 428 g/mol. The van der Waals surface area contributed by atoms with Gasteiger partial charge in [-0.15, -0.1) is 0 Å². The van der Waals surface area contributed by atoms with Gasteiger partial charge in [0.15, 0.2) is 0 Å². The van der Waals surface area contributed by atoms with Gasteiger partial charge in [0, 0.05) is 25.6 Å². The first-order valence-corrected chi connectivity index (χ1v) is 11.2. The van der Waals surface area contributed by atoms with Gasteiger partial charge in [0.05, 0.1) is 36.2 Å². The second-order valence-electron chi connectivity index (χ2n) is 8.11. The van der Waals surface area contributed by atoms with E-state index < -0.39 is 0 Å². The zero-order valence-corrected chi connectivity index (χ0v) is 18.9. The lowest BCUT2D eigenvalue weighted by Gasteiger charge is -2.41. The van der Waals surface area contributed by atoms with Gasteiger partial charge >= 0.3 is 0 Å². The minimum absolute atomic E-state index is 0.0821. The van der Waals surface area contributed by atoms with Crippen molar-refractivity contribution in [3.8, 4) is 17.2 Å². The molecular formula is C27H26N4O3. The number of nitrogens with zero attached hydrogens (tertiary/aromatic N) is 3. The van der Waals surface area contributed by atoms with Crippen LogP contribution in [0.15, 0.2) is 91.5 Å². The minimum atomic E-state index is -0.105. The standard InChI is InChI=1S/C27H26N4O3/c1-28-27(32)24-7-4-8-25(26(24)30-14-2-3-15-30)31-17-23(18-31)34-21-11-9-20(10-12-21)19-33-22-6-5-13-29-16-22/h2-16,23H,17-19H2,1H3,(H,28,32). The number of hydrogen-bond acceptors (Lipinski definition) is 5. The van der Waals surface area contributed by atoms with Crippen LogP contribution < -0.4 is 19.7 Å². The molecule has 1 N–H and O–H groups in total. The predicted molar refractivity (Wildman–Crippen MR) is 131 cm³/mol. The van der Waals surface area contributed by atoms with Crippen LogP contribution in [0.2, 0.25) is 0 Å². The van der Waals surface area contributed by atoms with E-state index in [1.54, 1.807) is 19.4 Å². The summed E-state index contributed by atoms with van der Waals surface area (Å²) in [6.45, 7) is 1.97. The molecule has 2 aromatic carbocycles.